The normalized spacial score (nSPS) is 12.5. The molecule has 2 nitrogen and oxygen atoms in total. The van der Waals surface area contributed by atoms with E-state index in [1.807, 2.05) is 0 Å². The minimum Gasteiger partial charge on any atom is -0.507 e. The Labute approximate surface area is 143 Å². The van der Waals surface area contributed by atoms with E-state index in [0.29, 0.717) is 14.3 Å². The van der Waals surface area contributed by atoms with Crippen LogP contribution in [0.15, 0.2) is 36.4 Å². The van der Waals surface area contributed by atoms with Gasteiger partial charge in [0.1, 0.15) is 5.75 Å². The van der Waals surface area contributed by atoms with Gasteiger partial charge in [0.15, 0.2) is 0 Å². The third-order valence-electron chi connectivity index (χ3n) is 3.95. The van der Waals surface area contributed by atoms with Crippen LogP contribution in [0.2, 0.25) is 19.6 Å². The number of aromatic hydroxyl groups is 1. The van der Waals surface area contributed by atoms with Crippen LogP contribution in [-0.4, -0.2) is 32.2 Å². The van der Waals surface area contributed by atoms with Gasteiger partial charge in [-0.1, -0.05) is 64.6 Å². The van der Waals surface area contributed by atoms with Gasteiger partial charge in [0.2, 0.25) is 0 Å². The van der Waals surface area contributed by atoms with Gasteiger partial charge in [-0.15, -0.1) is 0 Å². The molecule has 0 fully saturated rings. The van der Waals surface area contributed by atoms with Crippen LogP contribution >= 0.6 is 8.58 Å². The number of para-hydroxylation sites is 1. The Morgan fingerprint density at radius 2 is 1.70 bits per heavy atom. The van der Waals surface area contributed by atoms with Crippen LogP contribution in [0, 0.1) is 6.92 Å². The fourth-order valence-electron chi connectivity index (χ4n) is 2.76. The van der Waals surface area contributed by atoms with E-state index in [4.69, 9.17) is 0 Å². The molecule has 0 aromatic heterocycles. The van der Waals surface area contributed by atoms with E-state index < -0.39 is 8.07 Å². The Bertz CT molecular complexity index is 692. The zero-order chi connectivity index (χ0) is 17.2. The zero-order valence-corrected chi connectivity index (χ0v) is 17.1. The summed E-state index contributed by atoms with van der Waals surface area (Å²) < 4.78 is 0. The molecule has 1 N–H and O–H groups in total. The molecule has 0 bridgehead atoms. The molecule has 0 saturated carbocycles. The van der Waals surface area contributed by atoms with Crippen molar-refractivity contribution in [3.63, 3.8) is 0 Å². The van der Waals surface area contributed by atoms with Crippen molar-refractivity contribution < 1.29 is 5.11 Å². The molecule has 0 spiro atoms. The number of rotatable bonds is 5. The van der Waals surface area contributed by atoms with Crippen LogP contribution in [0.25, 0.3) is 0 Å². The lowest BCUT2D eigenvalue weighted by Gasteiger charge is -2.21. The van der Waals surface area contributed by atoms with Crippen molar-refractivity contribution in [2.24, 2.45) is 0 Å². The fraction of sp³-hybridized carbons (Fsp3) is 0.368. The van der Waals surface area contributed by atoms with Gasteiger partial charge in [-0.25, -0.2) is 0 Å². The van der Waals surface area contributed by atoms with Crippen molar-refractivity contribution in [1.82, 2.24) is 4.90 Å². The van der Waals surface area contributed by atoms with Crippen LogP contribution < -0.4 is 15.8 Å². The molecule has 1 atom stereocenters. The van der Waals surface area contributed by atoms with E-state index in [1.165, 1.54) is 16.4 Å². The number of nitrogens with zero attached hydrogens (tertiary/aromatic N) is 1. The van der Waals surface area contributed by atoms with Crippen molar-refractivity contribution in [1.29, 1.82) is 0 Å². The number of hydrogen-bond donors (Lipinski definition) is 1. The highest BCUT2D eigenvalue weighted by Crippen LogP contribution is 2.23. The summed E-state index contributed by atoms with van der Waals surface area (Å²) in [6, 6.07) is 12.8. The van der Waals surface area contributed by atoms with Gasteiger partial charge < -0.3 is 10.0 Å². The van der Waals surface area contributed by atoms with E-state index in [0.717, 1.165) is 17.0 Å². The maximum Gasteiger partial charge on any atom is 0.122 e. The van der Waals surface area contributed by atoms with Gasteiger partial charge in [-0.05, 0) is 42.6 Å². The predicted molar refractivity (Wildman–Crippen MR) is 107 cm³/mol. The molecule has 1 unspecified atom stereocenters. The number of phenolic OH excluding ortho intramolecular Hbond substituents is 1. The number of hydrogen-bond acceptors (Lipinski definition) is 2. The SMILES string of the molecule is Cc1cccc(CN(C)C)c1Pc1cccc([Si](C)(C)C)c1O. The standard InChI is InChI=1S/C19H28NOPSi/c1-14-9-7-10-15(13-20(2)3)19(14)22-16-11-8-12-17(18(16)21)23(4,5)6/h7-12,21-22H,13H2,1-6H3. The summed E-state index contributed by atoms with van der Waals surface area (Å²) in [4.78, 5) is 2.20. The van der Waals surface area contributed by atoms with Crippen molar-refractivity contribution in [2.75, 3.05) is 14.1 Å². The van der Waals surface area contributed by atoms with E-state index in [-0.39, 0.29) is 0 Å². The summed E-state index contributed by atoms with van der Waals surface area (Å²) in [7, 11) is 3.15. The molecular formula is C19H28NOPSi. The minimum absolute atomic E-state index is 0.494. The lowest BCUT2D eigenvalue weighted by atomic mass is 10.1. The summed E-state index contributed by atoms with van der Waals surface area (Å²) in [5.74, 6) is 0.518. The molecule has 0 aliphatic rings. The number of aryl methyl sites for hydroxylation is 1. The predicted octanol–water partition coefficient (Wildman–Crippen LogP) is 2.94. The largest absolute Gasteiger partial charge is 0.507 e. The van der Waals surface area contributed by atoms with E-state index in [9.17, 15) is 5.11 Å². The van der Waals surface area contributed by atoms with Gasteiger partial charge in [0, 0.05) is 11.8 Å². The third-order valence-corrected chi connectivity index (χ3v) is 7.61. The van der Waals surface area contributed by atoms with Gasteiger partial charge in [-0.3, -0.25) is 0 Å². The van der Waals surface area contributed by atoms with Crippen molar-refractivity contribution >= 4 is 32.5 Å². The third kappa shape index (κ3) is 4.44. The van der Waals surface area contributed by atoms with Gasteiger partial charge in [-0.2, -0.15) is 0 Å². The Kier molecular flexibility index (Phi) is 5.67. The van der Waals surface area contributed by atoms with E-state index >= 15 is 0 Å². The second-order valence-electron chi connectivity index (χ2n) is 7.42. The molecule has 0 aliphatic heterocycles. The highest BCUT2D eigenvalue weighted by atomic mass is 31.1. The summed E-state index contributed by atoms with van der Waals surface area (Å²) >= 11 is 0. The Morgan fingerprint density at radius 1 is 1.04 bits per heavy atom. The highest BCUT2D eigenvalue weighted by molar-refractivity contribution is 7.56. The monoisotopic (exact) mass is 345 g/mol. The van der Waals surface area contributed by atoms with Crippen LogP contribution in [0.1, 0.15) is 11.1 Å². The van der Waals surface area contributed by atoms with Crippen LogP contribution in [-0.2, 0) is 6.54 Å². The molecule has 0 aliphatic carbocycles. The highest BCUT2D eigenvalue weighted by Gasteiger charge is 2.22. The van der Waals surface area contributed by atoms with Crippen molar-refractivity contribution in [3.8, 4) is 5.75 Å². The molecule has 4 heteroatoms. The molecule has 23 heavy (non-hydrogen) atoms. The summed E-state index contributed by atoms with van der Waals surface area (Å²) in [5.41, 5.74) is 2.66. The van der Waals surface area contributed by atoms with E-state index in [2.05, 4.69) is 82.0 Å². The van der Waals surface area contributed by atoms with Crippen LogP contribution in [0.4, 0.5) is 0 Å². The second kappa shape index (κ2) is 7.17. The van der Waals surface area contributed by atoms with E-state index in [1.54, 1.807) is 0 Å². The smallest absolute Gasteiger partial charge is 0.122 e. The first-order valence-electron chi connectivity index (χ1n) is 8.03. The summed E-state index contributed by atoms with van der Waals surface area (Å²) in [5, 5.41) is 14.4. The molecule has 124 valence electrons. The maximum atomic E-state index is 10.8. The molecule has 0 radical (unpaired) electrons. The zero-order valence-electron chi connectivity index (χ0n) is 15.1. The fourth-order valence-corrected chi connectivity index (χ4v) is 5.64. The second-order valence-corrected chi connectivity index (χ2v) is 13.8. The van der Waals surface area contributed by atoms with Crippen LogP contribution in [0.5, 0.6) is 5.75 Å². The molecular weight excluding hydrogens is 317 g/mol. The average molecular weight is 345 g/mol. The Hall–Kier alpha value is -1.15. The number of benzene rings is 2. The Balaban J connectivity index is 2.44. The first-order chi connectivity index (χ1) is 10.7. The summed E-state index contributed by atoms with van der Waals surface area (Å²) in [6.07, 6.45) is 0. The van der Waals surface area contributed by atoms with Crippen LogP contribution in [0.3, 0.4) is 0 Å². The topological polar surface area (TPSA) is 23.5 Å². The molecule has 0 amide bonds. The molecule has 2 aromatic rings. The molecule has 2 aromatic carbocycles. The van der Waals surface area contributed by atoms with Crippen molar-refractivity contribution in [3.05, 3.63) is 47.5 Å². The molecule has 0 heterocycles. The first kappa shape index (κ1) is 18.2. The average Bonchev–Trinajstić information content (AvgIpc) is 2.42. The van der Waals surface area contributed by atoms with Crippen molar-refractivity contribution in [2.45, 2.75) is 33.1 Å². The first-order valence-corrected chi connectivity index (χ1v) is 12.5. The molecule has 0 saturated heterocycles. The minimum atomic E-state index is -1.53. The quantitative estimate of drug-likeness (QED) is 0.665. The summed E-state index contributed by atoms with van der Waals surface area (Å²) in [6.45, 7) is 9.93. The lowest BCUT2D eigenvalue weighted by Crippen LogP contribution is -2.39. The number of phenols is 1. The maximum absolute atomic E-state index is 10.8. The van der Waals surface area contributed by atoms with Gasteiger partial charge >= 0.3 is 0 Å². The lowest BCUT2D eigenvalue weighted by molar-refractivity contribution is 0.403. The Morgan fingerprint density at radius 3 is 2.30 bits per heavy atom. The van der Waals surface area contributed by atoms with Gasteiger partial charge in [0.25, 0.3) is 0 Å². The van der Waals surface area contributed by atoms with Gasteiger partial charge in [0.05, 0.1) is 8.07 Å². The molecule has 2 rings (SSSR count).